The standard InChI is InChI=1S/C17H32N2O3/c1-17(2,3)22-16(21)19-11-5-4-6-14(19)12-18-13-7-9-15(20)10-8-13/h13-15,18,20H,4-12H2,1-3H3. The number of piperidine rings is 1. The van der Waals surface area contributed by atoms with Crippen molar-refractivity contribution in [3.8, 4) is 0 Å². The van der Waals surface area contributed by atoms with Crippen molar-refractivity contribution >= 4 is 6.09 Å². The summed E-state index contributed by atoms with van der Waals surface area (Å²) >= 11 is 0. The first-order valence-electron chi connectivity index (χ1n) is 8.76. The van der Waals surface area contributed by atoms with Crippen LogP contribution in [0, 0.1) is 0 Å². The zero-order valence-electron chi connectivity index (χ0n) is 14.3. The summed E-state index contributed by atoms with van der Waals surface area (Å²) in [6, 6.07) is 0.710. The van der Waals surface area contributed by atoms with Crippen LogP contribution in [0.2, 0.25) is 0 Å². The number of amides is 1. The van der Waals surface area contributed by atoms with E-state index in [1.165, 1.54) is 6.42 Å². The quantitative estimate of drug-likeness (QED) is 0.841. The van der Waals surface area contributed by atoms with Crippen molar-refractivity contribution in [2.75, 3.05) is 13.1 Å². The lowest BCUT2D eigenvalue weighted by molar-refractivity contribution is 0.00933. The number of carbonyl (C=O) groups excluding carboxylic acids is 1. The molecular formula is C17H32N2O3. The Labute approximate surface area is 134 Å². The van der Waals surface area contributed by atoms with E-state index < -0.39 is 5.60 Å². The molecule has 1 saturated heterocycles. The number of rotatable bonds is 3. The summed E-state index contributed by atoms with van der Waals surface area (Å²) in [4.78, 5) is 14.3. The molecule has 1 amide bonds. The highest BCUT2D eigenvalue weighted by Gasteiger charge is 2.31. The van der Waals surface area contributed by atoms with Gasteiger partial charge in [0.2, 0.25) is 0 Å². The van der Waals surface area contributed by atoms with Gasteiger partial charge >= 0.3 is 6.09 Å². The second-order valence-electron chi connectivity index (χ2n) is 7.74. The Bertz CT molecular complexity index is 359. The van der Waals surface area contributed by atoms with Crippen molar-refractivity contribution in [2.24, 2.45) is 0 Å². The summed E-state index contributed by atoms with van der Waals surface area (Å²) in [6.07, 6.45) is 6.81. The van der Waals surface area contributed by atoms with E-state index in [0.29, 0.717) is 6.04 Å². The molecular weight excluding hydrogens is 280 g/mol. The third kappa shape index (κ3) is 5.43. The SMILES string of the molecule is CC(C)(C)OC(=O)N1CCCCC1CNC1CCC(O)CC1. The average Bonchev–Trinajstić information content (AvgIpc) is 2.45. The van der Waals surface area contributed by atoms with Crippen LogP contribution >= 0.6 is 0 Å². The van der Waals surface area contributed by atoms with Gasteiger partial charge in [0.15, 0.2) is 0 Å². The molecule has 1 aliphatic heterocycles. The Morgan fingerprint density at radius 3 is 2.50 bits per heavy atom. The molecule has 0 radical (unpaired) electrons. The maximum atomic E-state index is 12.4. The monoisotopic (exact) mass is 312 g/mol. The molecule has 2 rings (SSSR count). The predicted octanol–water partition coefficient (Wildman–Crippen LogP) is 2.67. The fraction of sp³-hybridized carbons (Fsp3) is 0.941. The minimum atomic E-state index is -0.438. The van der Waals surface area contributed by atoms with E-state index in [2.05, 4.69) is 5.32 Å². The molecule has 0 aromatic heterocycles. The maximum absolute atomic E-state index is 12.4. The third-order valence-corrected chi connectivity index (χ3v) is 4.59. The predicted molar refractivity (Wildman–Crippen MR) is 86.8 cm³/mol. The van der Waals surface area contributed by atoms with Crippen molar-refractivity contribution in [1.29, 1.82) is 0 Å². The Kier molecular flexibility index (Phi) is 6.09. The van der Waals surface area contributed by atoms with Crippen LogP contribution in [0.1, 0.15) is 65.7 Å². The average molecular weight is 312 g/mol. The molecule has 1 heterocycles. The number of aliphatic hydroxyl groups excluding tert-OH is 1. The summed E-state index contributed by atoms with van der Waals surface area (Å²) in [5.74, 6) is 0. The molecule has 0 aromatic carbocycles. The van der Waals surface area contributed by atoms with Gasteiger partial charge in [-0.25, -0.2) is 4.79 Å². The topological polar surface area (TPSA) is 61.8 Å². The molecule has 0 bridgehead atoms. The van der Waals surface area contributed by atoms with Crippen LogP contribution in [-0.4, -0.2) is 53.0 Å². The van der Waals surface area contributed by atoms with Crippen molar-refractivity contribution in [3.63, 3.8) is 0 Å². The van der Waals surface area contributed by atoms with Gasteiger partial charge < -0.3 is 20.1 Å². The molecule has 1 atom stereocenters. The lowest BCUT2D eigenvalue weighted by atomic mass is 9.92. The van der Waals surface area contributed by atoms with Crippen LogP contribution in [0.3, 0.4) is 0 Å². The largest absolute Gasteiger partial charge is 0.444 e. The summed E-state index contributed by atoms with van der Waals surface area (Å²) in [5.41, 5.74) is -0.438. The minimum absolute atomic E-state index is 0.119. The zero-order valence-corrected chi connectivity index (χ0v) is 14.3. The van der Waals surface area contributed by atoms with Crippen LogP contribution < -0.4 is 5.32 Å². The molecule has 1 unspecified atom stereocenters. The highest BCUT2D eigenvalue weighted by atomic mass is 16.6. The van der Waals surface area contributed by atoms with Crippen LogP contribution in [0.5, 0.6) is 0 Å². The number of hydrogen-bond donors (Lipinski definition) is 2. The highest BCUT2D eigenvalue weighted by Crippen LogP contribution is 2.22. The molecule has 0 aromatic rings. The van der Waals surface area contributed by atoms with Gasteiger partial charge in [-0.05, 0) is 65.7 Å². The molecule has 0 spiro atoms. The van der Waals surface area contributed by atoms with Crippen molar-refractivity contribution in [3.05, 3.63) is 0 Å². The van der Waals surface area contributed by atoms with Gasteiger partial charge in [0, 0.05) is 25.2 Å². The first kappa shape index (κ1) is 17.5. The zero-order chi connectivity index (χ0) is 16.2. The molecule has 1 aliphatic carbocycles. The fourth-order valence-corrected chi connectivity index (χ4v) is 3.36. The van der Waals surface area contributed by atoms with Crippen molar-refractivity contribution in [1.82, 2.24) is 10.2 Å². The second kappa shape index (κ2) is 7.64. The Hall–Kier alpha value is -0.810. The normalized spacial score (nSPS) is 30.2. The van der Waals surface area contributed by atoms with Gasteiger partial charge in [0.05, 0.1) is 6.10 Å². The summed E-state index contributed by atoms with van der Waals surface area (Å²) < 4.78 is 5.54. The van der Waals surface area contributed by atoms with Crippen LogP contribution in [0.15, 0.2) is 0 Å². The first-order valence-corrected chi connectivity index (χ1v) is 8.76. The molecule has 5 heteroatoms. The van der Waals surface area contributed by atoms with Crippen LogP contribution in [-0.2, 0) is 4.74 Å². The number of likely N-dealkylation sites (tertiary alicyclic amines) is 1. The van der Waals surface area contributed by atoms with E-state index in [1.54, 1.807) is 0 Å². The van der Waals surface area contributed by atoms with E-state index in [4.69, 9.17) is 4.74 Å². The van der Waals surface area contributed by atoms with Gasteiger partial charge in [0.25, 0.3) is 0 Å². The number of nitrogens with one attached hydrogen (secondary N) is 1. The lowest BCUT2D eigenvalue weighted by Crippen LogP contribution is -2.51. The number of carbonyl (C=O) groups is 1. The maximum Gasteiger partial charge on any atom is 0.410 e. The van der Waals surface area contributed by atoms with Crippen molar-refractivity contribution in [2.45, 2.75) is 89.5 Å². The lowest BCUT2D eigenvalue weighted by Gasteiger charge is -2.38. The van der Waals surface area contributed by atoms with E-state index in [9.17, 15) is 9.90 Å². The molecule has 2 N–H and O–H groups in total. The van der Waals surface area contributed by atoms with Gasteiger partial charge in [-0.15, -0.1) is 0 Å². The minimum Gasteiger partial charge on any atom is -0.444 e. The van der Waals surface area contributed by atoms with E-state index >= 15 is 0 Å². The fourth-order valence-electron chi connectivity index (χ4n) is 3.36. The first-order chi connectivity index (χ1) is 10.3. The number of ether oxygens (including phenoxy) is 1. The smallest absolute Gasteiger partial charge is 0.410 e. The van der Waals surface area contributed by atoms with Crippen LogP contribution in [0.25, 0.3) is 0 Å². The number of aliphatic hydroxyl groups is 1. The van der Waals surface area contributed by atoms with E-state index in [0.717, 1.165) is 51.6 Å². The molecule has 2 fully saturated rings. The molecule has 5 nitrogen and oxygen atoms in total. The molecule has 1 saturated carbocycles. The molecule has 128 valence electrons. The van der Waals surface area contributed by atoms with Gasteiger partial charge in [-0.1, -0.05) is 0 Å². The van der Waals surface area contributed by atoms with E-state index in [1.807, 2.05) is 25.7 Å². The second-order valence-corrected chi connectivity index (χ2v) is 7.74. The Balaban J connectivity index is 1.83. The molecule has 2 aliphatic rings. The molecule has 22 heavy (non-hydrogen) atoms. The summed E-state index contributed by atoms with van der Waals surface area (Å²) in [6.45, 7) is 7.37. The van der Waals surface area contributed by atoms with E-state index in [-0.39, 0.29) is 18.2 Å². The third-order valence-electron chi connectivity index (χ3n) is 4.59. The number of nitrogens with zero attached hydrogens (tertiary/aromatic N) is 1. The summed E-state index contributed by atoms with van der Waals surface area (Å²) in [7, 11) is 0. The van der Waals surface area contributed by atoms with Gasteiger partial charge in [0.1, 0.15) is 5.60 Å². The summed E-state index contributed by atoms with van der Waals surface area (Å²) in [5, 5.41) is 13.2. The Morgan fingerprint density at radius 1 is 1.18 bits per heavy atom. The van der Waals surface area contributed by atoms with Crippen LogP contribution in [0.4, 0.5) is 4.79 Å². The van der Waals surface area contributed by atoms with Gasteiger partial charge in [-0.3, -0.25) is 0 Å². The van der Waals surface area contributed by atoms with Crippen molar-refractivity contribution < 1.29 is 14.6 Å². The highest BCUT2D eigenvalue weighted by molar-refractivity contribution is 5.68. The van der Waals surface area contributed by atoms with Gasteiger partial charge in [-0.2, -0.15) is 0 Å². The number of hydrogen-bond acceptors (Lipinski definition) is 4. The Morgan fingerprint density at radius 2 is 1.86 bits per heavy atom.